The predicted octanol–water partition coefficient (Wildman–Crippen LogP) is 15.1. The van der Waals surface area contributed by atoms with E-state index in [1.165, 1.54) is 44.2 Å². The normalized spacial score (nSPS) is 11.6. The molecule has 3 nitrogen and oxygen atoms in total. The van der Waals surface area contributed by atoms with Gasteiger partial charge in [0.05, 0.1) is 5.52 Å². The first kappa shape index (κ1) is 30.9. The zero-order chi connectivity index (χ0) is 35.5. The van der Waals surface area contributed by atoms with E-state index in [0.717, 1.165) is 66.0 Å². The lowest BCUT2D eigenvalue weighted by Gasteiger charge is -2.10. The Balaban J connectivity index is 0.00000126. The van der Waals surface area contributed by atoms with Crippen molar-refractivity contribution in [2.45, 2.75) is 13.8 Å². The largest absolute Gasteiger partial charge is 0.456 e. The highest BCUT2D eigenvalue weighted by molar-refractivity contribution is 6.15. The Morgan fingerprint density at radius 2 is 0.925 bits per heavy atom. The molecule has 8 aromatic carbocycles. The highest BCUT2D eigenvalue weighted by Gasteiger charge is 2.16. The highest BCUT2D eigenvalue weighted by atomic mass is 16.3. The lowest BCUT2D eigenvalue weighted by molar-refractivity contribution is 0.669. The van der Waals surface area contributed by atoms with E-state index in [4.69, 9.17) is 8.83 Å². The Morgan fingerprint density at radius 1 is 0.377 bits per heavy atom. The predicted molar refractivity (Wildman–Crippen MR) is 226 cm³/mol. The average Bonchev–Trinajstić information content (AvgIpc) is 3.93. The zero-order valence-corrected chi connectivity index (χ0v) is 29.5. The molecule has 0 saturated carbocycles. The summed E-state index contributed by atoms with van der Waals surface area (Å²) in [6.07, 6.45) is 0. The number of hydrogen-bond acceptors (Lipinski definition) is 2. The number of aromatic amines is 1. The smallest absolute Gasteiger partial charge is 0.143 e. The molecule has 0 fully saturated rings. The number of para-hydroxylation sites is 4. The van der Waals surface area contributed by atoms with Crippen LogP contribution in [-0.4, -0.2) is 4.98 Å². The van der Waals surface area contributed by atoms with E-state index in [2.05, 4.69) is 151 Å². The van der Waals surface area contributed by atoms with Crippen molar-refractivity contribution < 1.29 is 10.3 Å². The van der Waals surface area contributed by atoms with Crippen molar-refractivity contribution in [3.8, 4) is 44.5 Å². The van der Waals surface area contributed by atoms with Crippen molar-refractivity contribution in [3.63, 3.8) is 0 Å². The SMILES string of the molecule is CC.[HH].c1cc(-c2cccc(-c3cccc4oc5ccccc5c34)c2)cc(-c2cccc3c2[nH]c2ccc(-c4cccc5c4oc4ccccc45)cc23)c1. The minimum Gasteiger partial charge on any atom is -0.456 e. The van der Waals surface area contributed by atoms with Crippen LogP contribution >= 0.6 is 0 Å². The molecular weight excluding hydrogens is 647 g/mol. The minimum atomic E-state index is 0. The van der Waals surface area contributed by atoms with E-state index < -0.39 is 0 Å². The van der Waals surface area contributed by atoms with Gasteiger partial charge in [0.1, 0.15) is 22.3 Å². The zero-order valence-electron chi connectivity index (χ0n) is 29.5. The maximum atomic E-state index is 6.40. The van der Waals surface area contributed by atoms with E-state index in [1.54, 1.807) is 0 Å². The molecule has 0 unspecified atom stereocenters. The summed E-state index contributed by atoms with van der Waals surface area (Å²) in [5.74, 6) is 0. The maximum absolute atomic E-state index is 6.40. The molecule has 0 bridgehead atoms. The van der Waals surface area contributed by atoms with Gasteiger partial charge in [-0.15, -0.1) is 0 Å². The summed E-state index contributed by atoms with van der Waals surface area (Å²) < 4.78 is 12.6. The van der Waals surface area contributed by atoms with E-state index in [1.807, 2.05) is 38.1 Å². The third-order valence-electron chi connectivity index (χ3n) is 10.4. The third-order valence-corrected chi connectivity index (χ3v) is 10.4. The van der Waals surface area contributed by atoms with Crippen LogP contribution in [0.2, 0.25) is 0 Å². The molecule has 0 atom stereocenters. The lowest BCUT2D eigenvalue weighted by Crippen LogP contribution is -1.85. The number of fused-ring (bicyclic) bond motifs is 9. The summed E-state index contributed by atoms with van der Waals surface area (Å²) in [7, 11) is 0. The number of rotatable bonds is 4. The maximum Gasteiger partial charge on any atom is 0.143 e. The quantitative estimate of drug-likeness (QED) is 0.201. The second kappa shape index (κ2) is 12.4. The van der Waals surface area contributed by atoms with Crippen LogP contribution in [0.1, 0.15) is 15.3 Å². The topological polar surface area (TPSA) is 42.1 Å². The van der Waals surface area contributed by atoms with Gasteiger partial charge < -0.3 is 13.8 Å². The van der Waals surface area contributed by atoms with Crippen molar-refractivity contribution in [2.24, 2.45) is 0 Å². The monoisotopic (exact) mass is 683 g/mol. The molecule has 0 aliphatic carbocycles. The van der Waals surface area contributed by atoms with Gasteiger partial charge in [0.15, 0.2) is 0 Å². The molecule has 0 saturated heterocycles. The molecule has 0 amide bonds. The van der Waals surface area contributed by atoms with Crippen LogP contribution in [0.5, 0.6) is 0 Å². The first-order valence-corrected chi connectivity index (χ1v) is 18.3. The van der Waals surface area contributed by atoms with Crippen molar-refractivity contribution in [2.75, 3.05) is 0 Å². The number of nitrogens with one attached hydrogen (secondary N) is 1. The number of benzene rings is 8. The molecule has 0 aliphatic rings. The van der Waals surface area contributed by atoms with Gasteiger partial charge in [-0.05, 0) is 75.8 Å². The van der Waals surface area contributed by atoms with E-state index in [-0.39, 0.29) is 1.43 Å². The number of hydrogen-bond donors (Lipinski definition) is 1. The lowest BCUT2D eigenvalue weighted by atomic mass is 9.94. The third kappa shape index (κ3) is 4.97. The van der Waals surface area contributed by atoms with Gasteiger partial charge in [0, 0.05) is 50.4 Å². The van der Waals surface area contributed by atoms with Crippen molar-refractivity contribution in [1.29, 1.82) is 0 Å². The molecule has 1 N–H and O–H groups in total. The standard InChI is InChI=1S/C48H29NO2.C2H6.H2/c1-3-21-43-37(14-1)39-20-8-18-36(48(39)51-43)33-24-25-42-41(28-33)38-19-7-17-35(47(38)49-42)32-13-6-11-30(27-32)29-10-5-12-31(26-29)34-16-9-23-45-46(34)40-15-2-4-22-44(40)50-45;1-2;/h1-28,49H;1-2H3;1H. The van der Waals surface area contributed by atoms with Crippen LogP contribution in [0.3, 0.4) is 0 Å². The summed E-state index contributed by atoms with van der Waals surface area (Å²) in [5.41, 5.74) is 15.2. The van der Waals surface area contributed by atoms with Gasteiger partial charge in [0.2, 0.25) is 0 Å². The molecule has 11 aromatic rings. The molecule has 3 aromatic heterocycles. The minimum absolute atomic E-state index is 0. The molecule has 11 rings (SSSR count). The molecule has 254 valence electrons. The Bertz CT molecular complexity index is 3160. The van der Waals surface area contributed by atoms with Crippen LogP contribution in [-0.2, 0) is 0 Å². The van der Waals surface area contributed by atoms with Crippen LogP contribution in [0.15, 0.2) is 179 Å². The Kier molecular flexibility index (Phi) is 7.26. The fourth-order valence-electron chi connectivity index (χ4n) is 8.05. The van der Waals surface area contributed by atoms with Crippen molar-refractivity contribution in [3.05, 3.63) is 170 Å². The fraction of sp³-hybridized carbons (Fsp3) is 0.0400. The van der Waals surface area contributed by atoms with Crippen LogP contribution in [0, 0.1) is 0 Å². The van der Waals surface area contributed by atoms with Crippen molar-refractivity contribution >= 4 is 65.7 Å². The second-order valence-electron chi connectivity index (χ2n) is 13.3. The first-order valence-electron chi connectivity index (χ1n) is 18.3. The molecule has 3 heterocycles. The summed E-state index contributed by atoms with van der Waals surface area (Å²) in [4.78, 5) is 3.77. The van der Waals surface area contributed by atoms with Crippen molar-refractivity contribution in [1.82, 2.24) is 4.98 Å². The summed E-state index contributed by atoms with van der Waals surface area (Å²) >= 11 is 0. The van der Waals surface area contributed by atoms with Crippen LogP contribution < -0.4 is 0 Å². The van der Waals surface area contributed by atoms with Gasteiger partial charge in [0.25, 0.3) is 0 Å². The average molecular weight is 684 g/mol. The van der Waals surface area contributed by atoms with Gasteiger partial charge in [-0.25, -0.2) is 0 Å². The van der Waals surface area contributed by atoms with Gasteiger partial charge in [-0.1, -0.05) is 141 Å². The summed E-state index contributed by atoms with van der Waals surface area (Å²) in [5, 5.41) is 6.98. The van der Waals surface area contributed by atoms with E-state index >= 15 is 0 Å². The summed E-state index contributed by atoms with van der Waals surface area (Å²) in [6.45, 7) is 4.00. The van der Waals surface area contributed by atoms with Gasteiger partial charge in [-0.3, -0.25) is 0 Å². The molecule has 0 aliphatic heterocycles. The molecule has 53 heavy (non-hydrogen) atoms. The van der Waals surface area contributed by atoms with E-state index in [9.17, 15) is 0 Å². The number of H-pyrrole nitrogens is 1. The van der Waals surface area contributed by atoms with Crippen LogP contribution in [0.4, 0.5) is 0 Å². The molecule has 0 radical (unpaired) electrons. The fourth-order valence-corrected chi connectivity index (χ4v) is 8.05. The Hall–Kier alpha value is -6.84. The van der Waals surface area contributed by atoms with Gasteiger partial charge in [-0.2, -0.15) is 0 Å². The Morgan fingerprint density at radius 3 is 1.72 bits per heavy atom. The molecule has 0 spiro atoms. The van der Waals surface area contributed by atoms with E-state index in [0.29, 0.717) is 0 Å². The van der Waals surface area contributed by atoms with Crippen LogP contribution in [0.25, 0.3) is 110 Å². The number of furan rings is 2. The molecule has 3 heteroatoms. The van der Waals surface area contributed by atoms with Gasteiger partial charge >= 0.3 is 0 Å². The first-order chi connectivity index (χ1) is 26.3. The Labute approximate surface area is 308 Å². The highest BCUT2D eigenvalue weighted by Crippen LogP contribution is 2.41. The summed E-state index contributed by atoms with van der Waals surface area (Å²) in [6, 6.07) is 60.3. The second-order valence-corrected chi connectivity index (χ2v) is 13.3. The molecular formula is C50H37NO2. The number of aromatic nitrogens is 1.